The Morgan fingerprint density at radius 1 is 1.14 bits per heavy atom. The molecule has 3 rings (SSSR count). The molecule has 4 nitrogen and oxygen atoms in total. The molecule has 1 saturated heterocycles. The molecule has 1 aromatic heterocycles. The minimum absolute atomic E-state index is 0.263. The molecular weight excluding hydrogens is 310 g/mol. The Labute approximate surface area is 127 Å². The Hall–Kier alpha value is -1.86. The fourth-order valence-electron chi connectivity index (χ4n) is 2.71. The van der Waals surface area contributed by atoms with Crippen LogP contribution in [-0.4, -0.2) is 24.3 Å². The van der Waals surface area contributed by atoms with E-state index in [9.17, 15) is 17.2 Å². The van der Waals surface area contributed by atoms with Crippen LogP contribution in [0.2, 0.25) is 0 Å². The van der Waals surface area contributed by atoms with Crippen LogP contribution < -0.4 is 0 Å². The first-order valence-corrected chi connectivity index (χ1v) is 8.32. The van der Waals surface area contributed by atoms with E-state index in [0.29, 0.717) is 18.5 Å². The summed E-state index contributed by atoms with van der Waals surface area (Å²) in [5.41, 5.74) is 0.611. The molecular formula is C15H14F2N2O2S. The van der Waals surface area contributed by atoms with E-state index in [-0.39, 0.29) is 6.54 Å². The van der Waals surface area contributed by atoms with E-state index in [2.05, 4.69) is 4.98 Å². The van der Waals surface area contributed by atoms with Gasteiger partial charge in [-0.2, -0.15) is 4.31 Å². The van der Waals surface area contributed by atoms with Crippen LogP contribution in [0.1, 0.15) is 24.6 Å². The van der Waals surface area contributed by atoms with Crippen molar-refractivity contribution in [1.82, 2.24) is 9.29 Å². The summed E-state index contributed by atoms with van der Waals surface area (Å²) < 4.78 is 53.8. The van der Waals surface area contributed by atoms with Crippen LogP contribution in [0.3, 0.4) is 0 Å². The Kier molecular flexibility index (Phi) is 3.92. The first kappa shape index (κ1) is 15.1. The van der Waals surface area contributed by atoms with E-state index >= 15 is 0 Å². The maximum atomic E-state index is 13.9. The molecule has 0 radical (unpaired) electrons. The predicted molar refractivity (Wildman–Crippen MR) is 76.5 cm³/mol. The summed E-state index contributed by atoms with van der Waals surface area (Å²) in [6, 6.07) is 7.97. The monoisotopic (exact) mass is 324 g/mol. The van der Waals surface area contributed by atoms with Crippen molar-refractivity contribution in [2.75, 3.05) is 6.54 Å². The van der Waals surface area contributed by atoms with E-state index in [1.54, 1.807) is 24.4 Å². The molecule has 1 aromatic carbocycles. The van der Waals surface area contributed by atoms with Crippen LogP contribution in [0.25, 0.3) is 0 Å². The maximum Gasteiger partial charge on any atom is 0.246 e. The van der Waals surface area contributed by atoms with Crippen LogP contribution in [0.15, 0.2) is 47.5 Å². The van der Waals surface area contributed by atoms with Crippen LogP contribution in [-0.2, 0) is 10.0 Å². The number of aromatic nitrogens is 1. The third-order valence-electron chi connectivity index (χ3n) is 3.74. The van der Waals surface area contributed by atoms with Crippen molar-refractivity contribution in [2.45, 2.75) is 23.8 Å². The van der Waals surface area contributed by atoms with Crippen molar-refractivity contribution < 1.29 is 17.2 Å². The number of nitrogens with zero attached hydrogens (tertiary/aromatic N) is 2. The van der Waals surface area contributed by atoms with Gasteiger partial charge in [-0.25, -0.2) is 17.2 Å². The van der Waals surface area contributed by atoms with Crippen molar-refractivity contribution in [2.24, 2.45) is 0 Å². The minimum atomic E-state index is -4.11. The molecule has 0 spiro atoms. The smallest absolute Gasteiger partial charge is 0.246 e. The van der Waals surface area contributed by atoms with E-state index in [4.69, 9.17) is 0 Å². The molecule has 1 aliphatic rings. The summed E-state index contributed by atoms with van der Waals surface area (Å²) in [5.74, 6) is -2.51. The molecule has 2 heterocycles. The Bertz CT molecular complexity index is 781. The molecule has 0 N–H and O–H groups in total. The number of pyridine rings is 1. The van der Waals surface area contributed by atoms with Gasteiger partial charge in [0.25, 0.3) is 0 Å². The highest BCUT2D eigenvalue weighted by Gasteiger charge is 2.38. The molecule has 1 atom stereocenters. The van der Waals surface area contributed by atoms with Gasteiger partial charge in [-0.05, 0) is 37.1 Å². The zero-order valence-electron chi connectivity index (χ0n) is 11.6. The van der Waals surface area contributed by atoms with Crippen LogP contribution in [0.4, 0.5) is 8.78 Å². The lowest BCUT2D eigenvalue weighted by Gasteiger charge is -2.23. The molecule has 116 valence electrons. The summed E-state index contributed by atoms with van der Waals surface area (Å²) in [6.45, 7) is 0.263. The number of halogens is 2. The summed E-state index contributed by atoms with van der Waals surface area (Å²) in [5, 5.41) is 0. The number of hydrogen-bond acceptors (Lipinski definition) is 3. The second-order valence-electron chi connectivity index (χ2n) is 5.08. The molecule has 1 fully saturated rings. The van der Waals surface area contributed by atoms with Crippen molar-refractivity contribution >= 4 is 10.0 Å². The van der Waals surface area contributed by atoms with Gasteiger partial charge in [0.1, 0.15) is 4.90 Å². The fraction of sp³-hybridized carbons (Fsp3) is 0.267. The van der Waals surface area contributed by atoms with Gasteiger partial charge in [-0.1, -0.05) is 12.1 Å². The molecule has 2 aromatic rings. The molecule has 7 heteroatoms. The van der Waals surface area contributed by atoms with E-state index < -0.39 is 32.6 Å². The first-order chi connectivity index (χ1) is 10.5. The highest BCUT2D eigenvalue weighted by molar-refractivity contribution is 7.89. The summed E-state index contributed by atoms with van der Waals surface area (Å²) in [4.78, 5) is 3.55. The van der Waals surface area contributed by atoms with E-state index in [1.165, 1.54) is 10.4 Å². The molecule has 0 unspecified atom stereocenters. The highest BCUT2D eigenvalue weighted by atomic mass is 32.2. The van der Waals surface area contributed by atoms with Crippen LogP contribution in [0, 0.1) is 11.6 Å². The molecule has 0 amide bonds. The van der Waals surface area contributed by atoms with Gasteiger partial charge in [0.2, 0.25) is 10.0 Å². The Morgan fingerprint density at radius 3 is 2.68 bits per heavy atom. The summed E-state index contributed by atoms with van der Waals surface area (Å²) >= 11 is 0. The quantitative estimate of drug-likeness (QED) is 0.872. The number of benzene rings is 1. The summed E-state index contributed by atoms with van der Waals surface area (Å²) in [7, 11) is -4.11. The number of hydrogen-bond donors (Lipinski definition) is 0. The first-order valence-electron chi connectivity index (χ1n) is 6.88. The lowest BCUT2D eigenvalue weighted by atomic mass is 10.1. The van der Waals surface area contributed by atoms with Crippen molar-refractivity contribution in [3.8, 4) is 0 Å². The third-order valence-corrected chi connectivity index (χ3v) is 5.66. The molecule has 1 aliphatic heterocycles. The second kappa shape index (κ2) is 5.73. The predicted octanol–water partition coefficient (Wildman–Crippen LogP) is 2.89. The SMILES string of the molecule is O=S(=O)(c1cccc(F)c1F)N1CCC[C@H]1c1ccccn1. The van der Waals surface area contributed by atoms with E-state index in [1.807, 2.05) is 0 Å². The Morgan fingerprint density at radius 2 is 1.95 bits per heavy atom. The standard InChI is InChI=1S/C15H14F2N2O2S/c16-11-5-3-8-14(15(11)17)22(20,21)19-10-4-7-13(19)12-6-1-2-9-18-12/h1-3,5-6,8-9,13H,4,7,10H2/t13-/m0/s1. The van der Waals surface area contributed by atoms with Gasteiger partial charge < -0.3 is 0 Å². The minimum Gasteiger partial charge on any atom is -0.260 e. The third kappa shape index (κ3) is 2.50. The van der Waals surface area contributed by atoms with Gasteiger partial charge in [0, 0.05) is 12.7 Å². The topological polar surface area (TPSA) is 50.3 Å². The van der Waals surface area contributed by atoms with Gasteiger partial charge in [0.05, 0.1) is 11.7 Å². The molecule has 0 aliphatic carbocycles. The zero-order valence-corrected chi connectivity index (χ0v) is 12.4. The average Bonchev–Trinajstić information content (AvgIpc) is 3.01. The lowest BCUT2D eigenvalue weighted by molar-refractivity contribution is 0.385. The highest BCUT2D eigenvalue weighted by Crippen LogP contribution is 2.36. The molecule has 0 saturated carbocycles. The second-order valence-corrected chi connectivity index (χ2v) is 6.94. The van der Waals surface area contributed by atoms with Gasteiger partial charge >= 0.3 is 0 Å². The molecule has 0 bridgehead atoms. The number of rotatable bonds is 3. The fourth-order valence-corrected chi connectivity index (χ4v) is 4.45. The van der Waals surface area contributed by atoms with Gasteiger partial charge in [-0.3, -0.25) is 4.98 Å². The van der Waals surface area contributed by atoms with Gasteiger partial charge in [0.15, 0.2) is 11.6 Å². The van der Waals surface area contributed by atoms with Gasteiger partial charge in [-0.15, -0.1) is 0 Å². The number of sulfonamides is 1. The molecule has 22 heavy (non-hydrogen) atoms. The van der Waals surface area contributed by atoms with E-state index in [0.717, 1.165) is 12.1 Å². The normalized spacial score (nSPS) is 19.5. The van der Waals surface area contributed by atoms with Crippen molar-refractivity contribution in [1.29, 1.82) is 0 Å². The lowest BCUT2D eigenvalue weighted by Crippen LogP contribution is -2.31. The van der Waals surface area contributed by atoms with Crippen LogP contribution in [0.5, 0.6) is 0 Å². The van der Waals surface area contributed by atoms with Crippen molar-refractivity contribution in [3.05, 3.63) is 59.9 Å². The largest absolute Gasteiger partial charge is 0.260 e. The average molecular weight is 324 g/mol. The van der Waals surface area contributed by atoms with Crippen molar-refractivity contribution in [3.63, 3.8) is 0 Å². The van der Waals surface area contributed by atoms with Crippen LogP contribution >= 0.6 is 0 Å². The maximum absolute atomic E-state index is 13.9. The summed E-state index contributed by atoms with van der Waals surface area (Å²) in [6.07, 6.45) is 2.84. The Balaban J connectivity index is 2.03. The zero-order chi connectivity index (χ0) is 15.7.